The SMILES string of the molecule is O=C(N/N=C\c1ccc(OCc2ccc(Cl)cc2)cc1)c1ccc(N2CCCC2)cc1. The van der Waals surface area contributed by atoms with Gasteiger partial charge in [0.05, 0.1) is 6.21 Å². The van der Waals surface area contributed by atoms with Crippen molar-refractivity contribution in [2.45, 2.75) is 19.4 Å². The van der Waals surface area contributed by atoms with E-state index in [1.807, 2.05) is 72.8 Å². The van der Waals surface area contributed by atoms with Gasteiger partial charge in [-0.25, -0.2) is 5.43 Å². The molecule has 0 saturated carbocycles. The monoisotopic (exact) mass is 433 g/mol. The molecule has 31 heavy (non-hydrogen) atoms. The van der Waals surface area contributed by atoms with Crippen LogP contribution in [0.15, 0.2) is 77.9 Å². The molecule has 4 rings (SSSR count). The third kappa shape index (κ3) is 5.86. The average molecular weight is 434 g/mol. The molecule has 5 nitrogen and oxygen atoms in total. The summed E-state index contributed by atoms with van der Waals surface area (Å²) in [6, 6.07) is 22.7. The summed E-state index contributed by atoms with van der Waals surface area (Å²) in [5, 5.41) is 4.77. The van der Waals surface area contributed by atoms with Crippen molar-refractivity contribution in [1.29, 1.82) is 0 Å². The molecule has 0 radical (unpaired) electrons. The molecule has 0 unspecified atom stereocenters. The Morgan fingerprint density at radius 1 is 0.968 bits per heavy atom. The van der Waals surface area contributed by atoms with Gasteiger partial charge in [-0.1, -0.05) is 23.7 Å². The smallest absolute Gasteiger partial charge is 0.271 e. The third-order valence-corrected chi connectivity index (χ3v) is 5.43. The highest BCUT2D eigenvalue weighted by molar-refractivity contribution is 6.30. The van der Waals surface area contributed by atoms with E-state index in [-0.39, 0.29) is 5.91 Å². The van der Waals surface area contributed by atoms with Gasteiger partial charge in [0.2, 0.25) is 0 Å². The fraction of sp³-hybridized carbons (Fsp3) is 0.200. The van der Waals surface area contributed by atoms with Crippen molar-refractivity contribution >= 4 is 29.4 Å². The van der Waals surface area contributed by atoms with Crippen LogP contribution in [-0.4, -0.2) is 25.2 Å². The standard InChI is InChI=1S/C25H24ClN3O2/c26-22-9-3-20(4-10-22)18-31-24-13-5-19(6-14-24)17-27-28-25(30)21-7-11-23(12-8-21)29-15-1-2-16-29/h3-14,17H,1-2,15-16,18H2,(H,28,30)/b27-17-. The maximum absolute atomic E-state index is 12.3. The largest absolute Gasteiger partial charge is 0.489 e. The van der Waals surface area contributed by atoms with Crippen molar-refractivity contribution in [3.05, 3.63) is 94.5 Å². The van der Waals surface area contributed by atoms with Crippen LogP contribution in [0.1, 0.15) is 34.3 Å². The maximum Gasteiger partial charge on any atom is 0.271 e. The van der Waals surface area contributed by atoms with Crippen molar-refractivity contribution in [3.8, 4) is 5.75 Å². The number of rotatable bonds is 7. The number of carbonyl (C=O) groups is 1. The van der Waals surface area contributed by atoms with Crippen LogP contribution in [0.2, 0.25) is 5.02 Å². The molecule has 1 fully saturated rings. The van der Waals surface area contributed by atoms with Crippen LogP contribution in [-0.2, 0) is 6.61 Å². The molecule has 0 spiro atoms. The van der Waals surface area contributed by atoms with Crippen molar-refractivity contribution < 1.29 is 9.53 Å². The molecule has 0 atom stereocenters. The molecule has 1 aliphatic rings. The lowest BCUT2D eigenvalue weighted by Gasteiger charge is -2.17. The normalized spacial score (nSPS) is 13.5. The summed E-state index contributed by atoms with van der Waals surface area (Å²) >= 11 is 5.89. The zero-order chi connectivity index (χ0) is 21.5. The van der Waals surface area contributed by atoms with E-state index >= 15 is 0 Å². The van der Waals surface area contributed by atoms with Crippen LogP contribution >= 0.6 is 11.6 Å². The third-order valence-electron chi connectivity index (χ3n) is 5.18. The Kier molecular flexibility index (Phi) is 6.85. The van der Waals surface area contributed by atoms with Gasteiger partial charge in [-0.05, 0) is 84.6 Å². The van der Waals surface area contributed by atoms with Crippen molar-refractivity contribution in [2.24, 2.45) is 5.10 Å². The van der Waals surface area contributed by atoms with Gasteiger partial charge >= 0.3 is 0 Å². The first-order valence-corrected chi connectivity index (χ1v) is 10.7. The average Bonchev–Trinajstić information content (AvgIpc) is 3.35. The maximum atomic E-state index is 12.3. The van der Waals surface area contributed by atoms with E-state index in [0.717, 1.165) is 35.7 Å². The second-order valence-corrected chi connectivity index (χ2v) is 7.86. The van der Waals surface area contributed by atoms with Crippen LogP contribution in [0.3, 0.4) is 0 Å². The van der Waals surface area contributed by atoms with E-state index in [4.69, 9.17) is 16.3 Å². The summed E-state index contributed by atoms with van der Waals surface area (Å²) in [6.45, 7) is 2.64. The first-order chi connectivity index (χ1) is 15.2. The molecule has 1 heterocycles. The minimum Gasteiger partial charge on any atom is -0.489 e. The molecule has 1 N–H and O–H groups in total. The van der Waals surface area contributed by atoms with Gasteiger partial charge < -0.3 is 9.64 Å². The predicted molar refractivity (Wildman–Crippen MR) is 125 cm³/mol. The summed E-state index contributed by atoms with van der Waals surface area (Å²) in [6.07, 6.45) is 4.07. The molecule has 0 bridgehead atoms. The van der Waals surface area contributed by atoms with E-state index < -0.39 is 0 Å². The second-order valence-electron chi connectivity index (χ2n) is 7.42. The predicted octanol–water partition coefficient (Wildman–Crippen LogP) is 5.28. The molecule has 1 aliphatic heterocycles. The number of amides is 1. The molecular weight excluding hydrogens is 410 g/mol. The first-order valence-electron chi connectivity index (χ1n) is 10.3. The summed E-state index contributed by atoms with van der Waals surface area (Å²) in [5.41, 5.74) is 6.24. The van der Waals surface area contributed by atoms with Crippen LogP contribution in [0.5, 0.6) is 5.75 Å². The molecule has 3 aromatic rings. The lowest BCUT2D eigenvalue weighted by atomic mass is 10.2. The van der Waals surface area contributed by atoms with Gasteiger partial charge in [-0.2, -0.15) is 5.10 Å². The topological polar surface area (TPSA) is 53.9 Å². The number of hydrazone groups is 1. The number of benzene rings is 3. The zero-order valence-corrected chi connectivity index (χ0v) is 17.9. The van der Waals surface area contributed by atoms with Gasteiger partial charge in [0, 0.05) is 29.4 Å². The molecule has 1 amide bonds. The number of halogens is 1. The van der Waals surface area contributed by atoms with Crippen molar-refractivity contribution in [1.82, 2.24) is 5.43 Å². The fourth-order valence-corrected chi connectivity index (χ4v) is 3.55. The fourth-order valence-electron chi connectivity index (χ4n) is 3.43. The lowest BCUT2D eigenvalue weighted by Crippen LogP contribution is -2.19. The first kappa shape index (κ1) is 20.9. The van der Waals surface area contributed by atoms with E-state index in [9.17, 15) is 4.79 Å². The highest BCUT2D eigenvalue weighted by Gasteiger charge is 2.12. The Bertz CT molecular complexity index is 1030. The van der Waals surface area contributed by atoms with Crippen LogP contribution in [0.25, 0.3) is 0 Å². The summed E-state index contributed by atoms with van der Waals surface area (Å²) < 4.78 is 5.77. The van der Waals surface area contributed by atoms with E-state index in [1.54, 1.807) is 6.21 Å². The highest BCUT2D eigenvalue weighted by atomic mass is 35.5. The van der Waals surface area contributed by atoms with Crippen LogP contribution in [0, 0.1) is 0 Å². The lowest BCUT2D eigenvalue weighted by molar-refractivity contribution is 0.0955. The molecular formula is C25H24ClN3O2. The Balaban J connectivity index is 1.26. The van der Waals surface area contributed by atoms with E-state index in [1.165, 1.54) is 12.8 Å². The molecule has 158 valence electrons. The zero-order valence-electron chi connectivity index (χ0n) is 17.1. The number of hydrogen-bond donors (Lipinski definition) is 1. The Hall–Kier alpha value is -3.31. The minimum atomic E-state index is -0.230. The highest BCUT2D eigenvalue weighted by Crippen LogP contribution is 2.20. The van der Waals surface area contributed by atoms with Gasteiger partial charge in [0.1, 0.15) is 12.4 Å². The molecule has 3 aromatic carbocycles. The molecule has 0 aliphatic carbocycles. The number of hydrogen-bond acceptors (Lipinski definition) is 4. The van der Waals surface area contributed by atoms with Crippen molar-refractivity contribution in [2.75, 3.05) is 18.0 Å². The van der Waals surface area contributed by atoms with Gasteiger partial charge in [-0.3, -0.25) is 4.79 Å². The van der Waals surface area contributed by atoms with E-state index in [0.29, 0.717) is 17.2 Å². The molecule has 1 saturated heterocycles. The Morgan fingerprint density at radius 2 is 1.65 bits per heavy atom. The van der Waals surface area contributed by atoms with Gasteiger partial charge in [0.15, 0.2) is 0 Å². The summed E-state index contributed by atoms with van der Waals surface area (Å²) in [4.78, 5) is 14.6. The second kappa shape index (κ2) is 10.1. The van der Waals surface area contributed by atoms with Crippen LogP contribution < -0.4 is 15.1 Å². The quantitative estimate of drug-likeness (QED) is 0.407. The number of ether oxygens (including phenoxy) is 1. The molecule has 0 aromatic heterocycles. The number of anilines is 1. The Morgan fingerprint density at radius 3 is 2.32 bits per heavy atom. The Labute approximate surface area is 187 Å². The summed E-state index contributed by atoms with van der Waals surface area (Å²) in [5.74, 6) is 0.529. The van der Waals surface area contributed by atoms with Gasteiger partial charge in [-0.15, -0.1) is 0 Å². The van der Waals surface area contributed by atoms with Gasteiger partial charge in [0.25, 0.3) is 5.91 Å². The molecule has 6 heteroatoms. The van der Waals surface area contributed by atoms with E-state index in [2.05, 4.69) is 15.4 Å². The number of nitrogens with one attached hydrogen (secondary N) is 1. The number of nitrogens with zero attached hydrogens (tertiary/aromatic N) is 2. The minimum absolute atomic E-state index is 0.230. The summed E-state index contributed by atoms with van der Waals surface area (Å²) in [7, 11) is 0. The van der Waals surface area contributed by atoms with Crippen LogP contribution in [0.4, 0.5) is 5.69 Å². The number of carbonyl (C=O) groups excluding carboxylic acids is 1. The van der Waals surface area contributed by atoms with Crippen molar-refractivity contribution in [3.63, 3.8) is 0 Å².